The number of primary amides is 1. The summed E-state index contributed by atoms with van der Waals surface area (Å²) in [4.78, 5) is 11.0. The van der Waals surface area contributed by atoms with Gasteiger partial charge in [0, 0.05) is 12.0 Å². The summed E-state index contributed by atoms with van der Waals surface area (Å²) in [5.74, 6) is 1.54. The molecule has 2 aromatic carbocycles. The van der Waals surface area contributed by atoms with Gasteiger partial charge < -0.3 is 15.2 Å². The molecule has 118 valence electrons. The highest BCUT2D eigenvalue weighted by atomic mass is 16.6. The van der Waals surface area contributed by atoms with Crippen LogP contribution in [0.4, 0.5) is 4.79 Å². The van der Waals surface area contributed by atoms with Crippen LogP contribution in [0.25, 0.3) is 11.1 Å². The van der Waals surface area contributed by atoms with Gasteiger partial charge in [0.2, 0.25) is 0 Å². The van der Waals surface area contributed by atoms with Gasteiger partial charge in [0.25, 0.3) is 0 Å². The van der Waals surface area contributed by atoms with Gasteiger partial charge in [0.15, 0.2) is 0 Å². The Balaban J connectivity index is 1.62. The van der Waals surface area contributed by atoms with E-state index in [9.17, 15) is 4.79 Å². The molecule has 1 heterocycles. The summed E-state index contributed by atoms with van der Waals surface area (Å²) in [5, 5.41) is 0. The minimum atomic E-state index is -0.748. The number of rotatable bonds is 3. The van der Waals surface area contributed by atoms with Crippen LogP contribution < -0.4 is 10.5 Å². The summed E-state index contributed by atoms with van der Waals surface area (Å²) in [6.45, 7) is 0.523. The average molecular weight is 309 g/mol. The molecule has 4 heteroatoms. The second-order valence-electron chi connectivity index (χ2n) is 6.21. The lowest BCUT2D eigenvalue weighted by atomic mass is 9.97. The van der Waals surface area contributed by atoms with Crippen molar-refractivity contribution in [3.63, 3.8) is 0 Å². The molecule has 1 fully saturated rings. The van der Waals surface area contributed by atoms with Gasteiger partial charge in [0.1, 0.15) is 11.9 Å². The van der Waals surface area contributed by atoms with Crippen LogP contribution in [-0.2, 0) is 4.74 Å². The highest BCUT2D eigenvalue weighted by Gasteiger charge is 2.25. The maximum absolute atomic E-state index is 11.0. The van der Waals surface area contributed by atoms with Gasteiger partial charge in [-0.3, -0.25) is 0 Å². The summed E-state index contributed by atoms with van der Waals surface area (Å²) in [5.41, 5.74) is 9.72. The van der Waals surface area contributed by atoms with Crippen LogP contribution in [0.2, 0.25) is 0 Å². The maximum atomic E-state index is 11.0. The van der Waals surface area contributed by atoms with E-state index in [0.29, 0.717) is 13.0 Å². The molecular formula is C19H19NO3. The molecule has 0 radical (unpaired) electrons. The van der Waals surface area contributed by atoms with E-state index in [1.165, 1.54) is 24.0 Å². The van der Waals surface area contributed by atoms with Gasteiger partial charge in [-0.05, 0) is 41.5 Å². The zero-order valence-corrected chi connectivity index (χ0v) is 12.8. The standard InChI is InChI=1S/C19H19NO3/c20-19(21)23-17-9-10-22-18-11-15(7-8-16(17)18)14-5-3-13(4-6-14)12-1-2-12/h3-8,11-12,17H,1-2,9-10H2,(H2,20,21). The van der Waals surface area contributed by atoms with Gasteiger partial charge in [-0.2, -0.15) is 0 Å². The topological polar surface area (TPSA) is 61.6 Å². The molecule has 2 aromatic rings. The van der Waals surface area contributed by atoms with E-state index in [0.717, 1.165) is 22.8 Å². The van der Waals surface area contributed by atoms with Gasteiger partial charge >= 0.3 is 6.09 Å². The number of carbonyl (C=O) groups is 1. The Labute approximate surface area is 135 Å². The highest BCUT2D eigenvalue weighted by molar-refractivity contribution is 5.68. The van der Waals surface area contributed by atoms with Crippen molar-refractivity contribution < 1.29 is 14.3 Å². The lowest BCUT2D eigenvalue weighted by Gasteiger charge is -2.25. The van der Waals surface area contributed by atoms with Gasteiger partial charge in [-0.25, -0.2) is 4.79 Å². The van der Waals surface area contributed by atoms with E-state index in [1.54, 1.807) is 0 Å². The molecular weight excluding hydrogens is 290 g/mol. The normalized spacial score (nSPS) is 19.6. The van der Waals surface area contributed by atoms with Crippen molar-refractivity contribution in [3.05, 3.63) is 53.6 Å². The van der Waals surface area contributed by atoms with Crippen LogP contribution in [0.3, 0.4) is 0 Å². The highest BCUT2D eigenvalue weighted by Crippen LogP contribution is 2.41. The van der Waals surface area contributed by atoms with Crippen molar-refractivity contribution in [3.8, 4) is 16.9 Å². The van der Waals surface area contributed by atoms with Crippen LogP contribution in [0.15, 0.2) is 42.5 Å². The number of fused-ring (bicyclic) bond motifs is 1. The minimum Gasteiger partial charge on any atom is -0.493 e. The lowest BCUT2D eigenvalue weighted by Crippen LogP contribution is -2.22. The first-order valence-electron chi connectivity index (χ1n) is 8.04. The minimum absolute atomic E-state index is 0.317. The van der Waals surface area contributed by atoms with E-state index >= 15 is 0 Å². The Morgan fingerprint density at radius 3 is 2.48 bits per heavy atom. The molecule has 1 saturated carbocycles. The van der Waals surface area contributed by atoms with Crippen LogP contribution in [-0.4, -0.2) is 12.7 Å². The van der Waals surface area contributed by atoms with E-state index in [-0.39, 0.29) is 6.10 Å². The third-order valence-electron chi connectivity index (χ3n) is 4.55. The predicted octanol–water partition coefficient (Wildman–Crippen LogP) is 4.15. The fourth-order valence-corrected chi connectivity index (χ4v) is 3.16. The fraction of sp³-hybridized carbons (Fsp3) is 0.316. The Bertz CT molecular complexity index is 735. The first kappa shape index (κ1) is 14.1. The first-order valence-corrected chi connectivity index (χ1v) is 8.04. The van der Waals surface area contributed by atoms with E-state index in [1.807, 2.05) is 18.2 Å². The number of benzene rings is 2. The SMILES string of the molecule is NC(=O)OC1CCOc2cc(-c3ccc(C4CC4)cc3)ccc21. The lowest BCUT2D eigenvalue weighted by molar-refractivity contribution is 0.0766. The largest absolute Gasteiger partial charge is 0.493 e. The monoisotopic (exact) mass is 309 g/mol. The molecule has 1 aliphatic heterocycles. The van der Waals surface area contributed by atoms with Crippen molar-refractivity contribution in [2.75, 3.05) is 6.61 Å². The predicted molar refractivity (Wildman–Crippen MR) is 87.4 cm³/mol. The van der Waals surface area contributed by atoms with Crippen LogP contribution in [0, 0.1) is 0 Å². The van der Waals surface area contributed by atoms with Crippen molar-refractivity contribution in [1.29, 1.82) is 0 Å². The summed E-state index contributed by atoms with van der Waals surface area (Å²) < 4.78 is 10.9. The summed E-state index contributed by atoms with van der Waals surface area (Å²) in [7, 11) is 0. The van der Waals surface area contributed by atoms with Crippen LogP contribution >= 0.6 is 0 Å². The van der Waals surface area contributed by atoms with E-state index in [4.69, 9.17) is 15.2 Å². The Kier molecular flexibility index (Phi) is 3.45. The molecule has 4 rings (SSSR count). The quantitative estimate of drug-likeness (QED) is 0.926. The first-order chi connectivity index (χ1) is 11.2. The molecule has 0 spiro atoms. The van der Waals surface area contributed by atoms with Gasteiger partial charge in [0.05, 0.1) is 6.61 Å². The van der Waals surface area contributed by atoms with Crippen molar-refractivity contribution in [2.24, 2.45) is 5.73 Å². The summed E-state index contributed by atoms with van der Waals surface area (Å²) in [6, 6.07) is 14.8. The molecule has 2 N–H and O–H groups in total. The molecule has 23 heavy (non-hydrogen) atoms. The molecule has 1 aliphatic carbocycles. The van der Waals surface area contributed by atoms with E-state index < -0.39 is 6.09 Å². The third-order valence-corrected chi connectivity index (χ3v) is 4.55. The summed E-state index contributed by atoms with van der Waals surface area (Å²) >= 11 is 0. The average Bonchev–Trinajstić information content (AvgIpc) is 3.39. The van der Waals surface area contributed by atoms with E-state index in [2.05, 4.69) is 24.3 Å². The third kappa shape index (κ3) is 2.89. The zero-order chi connectivity index (χ0) is 15.8. The van der Waals surface area contributed by atoms with Crippen LogP contribution in [0.5, 0.6) is 5.75 Å². The number of nitrogens with two attached hydrogens (primary N) is 1. The number of ether oxygens (including phenoxy) is 2. The maximum Gasteiger partial charge on any atom is 0.405 e. The van der Waals surface area contributed by atoms with Crippen LogP contribution in [0.1, 0.15) is 42.4 Å². The second kappa shape index (κ2) is 5.61. The Morgan fingerprint density at radius 1 is 1.04 bits per heavy atom. The smallest absolute Gasteiger partial charge is 0.405 e. The fourth-order valence-electron chi connectivity index (χ4n) is 3.16. The van der Waals surface area contributed by atoms with Gasteiger partial charge in [-0.15, -0.1) is 0 Å². The number of carbonyl (C=O) groups excluding carboxylic acids is 1. The molecule has 1 unspecified atom stereocenters. The second-order valence-corrected chi connectivity index (χ2v) is 6.21. The Hall–Kier alpha value is -2.49. The zero-order valence-electron chi connectivity index (χ0n) is 12.8. The number of hydrogen-bond donors (Lipinski definition) is 1. The molecule has 0 bridgehead atoms. The molecule has 2 aliphatic rings. The van der Waals surface area contributed by atoms with Crippen molar-refractivity contribution in [1.82, 2.24) is 0 Å². The van der Waals surface area contributed by atoms with Gasteiger partial charge in [-0.1, -0.05) is 36.4 Å². The molecule has 4 nitrogen and oxygen atoms in total. The molecule has 1 amide bonds. The molecule has 0 saturated heterocycles. The number of hydrogen-bond acceptors (Lipinski definition) is 3. The number of amides is 1. The Morgan fingerprint density at radius 2 is 1.78 bits per heavy atom. The van der Waals surface area contributed by atoms with Crippen molar-refractivity contribution >= 4 is 6.09 Å². The molecule has 1 atom stereocenters. The summed E-state index contributed by atoms with van der Waals surface area (Å²) in [6.07, 6.45) is 2.19. The van der Waals surface area contributed by atoms with Crippen molar-refractivity contribution in [2.45, 2.75) is 31.3 Å². The molecule has 0 aromatic heterocycles.